The van der Waals surface area contributed by atoms with Crippen LogP contribution in [0.1, 0.15) is 92.1 Å². The normalized spacial score (nSPS) is 24.4. The molecule has 3 fully saturated rings. The Kier molecular flexibility index (Phi) is 5.53. The molecule has 5 nitrogen and oxygen atoms in total. The highest BCUT2D eigenvalue weighted by atomic mass is 16.2. The van der Waals surface area contributed by atoms with Crippen molar-refractivity contribution in [1.29, 1.82) is 0 Å². The standard InChI is InChI=1S/C26H35N3O2/c1-16-10-11-19(16)23-24(27-18-8-4-5-9-18)21-15-20(17(2)14-22(21)28-25(23)30)26(31)29-12-6-3-7-13-29/h14-16,18-19H,3-13H2,1-2H3,(H2,27,28,30). The molecule has 1 saturated heterocycles. The summed E-state index contributed by atoms with van der Waals surface area (Å²) in [5.74, 6) is 0.970. The number of carbonyl (C=O) groups excluding carboxylic acids is 1. The van der Waals surface area contributed by atoms with Crippen LogP contribution in [0.3, 0.4) is 0 Å². The Balaban J connectivity index is 1.64. The molecule has 2 saturated carbocycles. The van der Waals surface area contributed by atoms with Crippen LogP contribution in [0.4, 0.5) is 5.69 Å². The van der Waals surface area contributed by atoms with Crippen molar-refractivity contribution in [1.82, 2.24) is 9.88 Å². The van der Waals surface area contributed by atoms with E-state index in [0.717, 1.165) is 78.5 Å². The average Bonchev–Trinajstić information content (AvgIpc) is 3.28. The lowest BCUT2D eigenvalue weighted by Crippen LogP contribution is -2.36. The zero-order valence-electron chi connectivity index (χ0n) is 18.9. The molecule has 0 spiro atoms. The fraction of sp³-hybridized carbons (Fsp3) is 0.615. The Morgan fingerprint density at radius 1 is 1.03 bits per heavy atom. The Hall–Kier alpha value is -2.30. The lowest BCUT2D eigenvalue weighted by molar-refractivity contribution is 0.0724. The molecule has 2 aromatic rings. The minimum atomic E-state index is 0.0408. The first-order chi connectivity index (χ1) is 15.0. The molecule has 0 bridgehead atoms. The molecule has 1 aromatic heterocycles. The maximum absolute atomic E-state index is 13.4. The van der Waals surface area contributed by atoms with Crippen molar-refractivity contribution in [2.45, 2.75) is 83.6 Å². The molecule has 31 heavy (non-hydrogen) atoms. The summed E-state index contributed by atoms with van der Waals surface area (Å²) in [5.41, 5.74) is 4.51. The van der Waals surface area contributed by atoms with Gasteiger partial charge in [-0.15, -0.1) is 0 Å². The number of aryl methyl sites for hydroxylation is 1. The van der Waals surface area contributed by atoms with Gasteiger partial charge in [-0.05, 0) is 81.4 Å². The molecule has 1 aliphatic heterocycles. The quantitative estimate of drug-likeness (QED) is 0.701. The van der Waals surface area contributed by atoms with E-state index in [4.69, 9.17) is 0 Å². The van der Waals surface area contributed by atoms with Crippen LogP contribution in [0.5, 0.6) is 0 Å². The van der Waals surface area contributed by atoms with Crippen LogP contribution >= 0.6 is 0 Å². The van der Waals surface area contributed by atoms with E-state index in [-0.39, 0.29) is 11.5 Å². The fourth-order valence-electron chi connectivity index (χ4n) is 5.84. The van der Waals surface area contributed by atoms with Gasteiger partial charge in [0.15, 0.2) is 0 Å². The molecule has 2 aliphatic carbocycles. The lowest BCUT2D eigenvalue weighted by Gasteiger charge is -2.35. The number of hydrogen-bond acceptors (Lipinski definition) is 3. The van der Waals surface area contributed by atoms with Gasteiger partial charge >= 0.3 is 0 Å². The van der Waals surface area contributed by atoms with E-state index in [0.29, 0.717) is 17.9 Å². The largest absolute Gasteiger partial charge is 0.381 e. The molecule has 0 radical (unpaired) electrons. The van der Waals surface area contributed by atoms with Crippen molar-refractivity contribution in [3.05, 3.63) is 39.2 Å². The number of aromatic amines is 1. The van der Waals surface area contributed by atoms with Crippen LogP contribution in [0.15, 0.2) is 16.9 Å². The van der Waals surface area contributed by atoms with Crippen molar-refractivity contribution in [2.75, 3.05) is 18.4 Å². The molecule has 3 aliphatic rings. The van der Waals surface area contributed by atoms with Gasteiger partial charge in [-0.2, -0.15) is 0 Å². The molecule has 2 atom stereocenters. The first kappa shape index (κ1) is 20.6. The number of piperidine rings is 1. The van der Waals surface area contributed by atoms with Gasteiger partial charge in [0, 0.05) is 35.6 Å². The van der Waals surface area contributed by atoms with Gasteiger partial charge in [-0.1, -0.05) is 19.8 Å². The van der Waals surface area contributed by atoms with Gasteiger partial charge in [0.2, 0.25) is 0 Å². The van der Waals surface area contributed by atoms with Crippen LogP contribution in [0.2, 0.25) is 0 Å². The van der Waals surface area contributed by atoms with Gasteiger partial charge in [0.1, 0.15) is 0 Å². The minimum Gasteiger partial charge on any atom is -0.381 e. The SMILES string of the molecule is Cc1cc2[nH]c(=O)c(C3CCC3C)c(NC3CCCC3)c2cc1C(=O)N1CCCCC1. The Morgan fingerprint density at radius 3 is 2.42 bits per heavy atom. The van der Waals surface area contributed by atoms with Gasteiger partial charge in [0.05, 0.1) is 11.2 Å². The number of likely N-dealkylation sites (tertiary alicyclic amines) is 1. The summed E-state index contributed by atoms with van der Waals surface area (Å²) >= 11 is 0. The molecule has 166 valence electrons. The summed E-state index contributed by atoms with van der Waals surface area (Å²) in [5, 5.41) is 4.79. The number of anilines is 1. The first-order valence-electron chi connectivity index (χ1n) is 12.3. The first-order valence-corrected chi connectivity index (χ1v) is 12.3. The third-order valence-corrected chi connectivity index (χ3v) is 7.96. The molecule has 1 amide bonds. The number of carbonyl (C=O) groups is 1. The van der Waals surface area contributed by atoms with Crippen LogP contribution < -0.4 is 10.9 Å². The second-order valence-corrected chi connectivity index (χ2v) is 10.1. The number of H-pyrrole nitrogens is 1. The van der Waals surface area contributed by atoms with Gasteiger partial charge in [-0.25, -0.2) is 0 Å². The molecule has 2 unspecified atom stereocenters. The number of amides is 1. The fourth-order valence-corrected chi connectivity index (χ4v) is 5.84. The van der Waals surface area contributed by atoms with Crippen molar-refractivity contribution >= 4 is 22.5 Å². The van der Waals surface area contributed by atoms with Crippen molar-refractivity contribution < 1.29 is 4.79 Å². The Morgan fingerprint density at radius 2 is 1.77 bits per heavy atom. The summed E-state index contributed by atoms with van der Waals surface area (Å²) in [6.45, 7) is 5.93. The maximum atomic E-state index is 13.4. The predicted molar refractivity (Wildman–Crippen MR) is 126 cm³/mol. The number of nitrogens with zero attached hydrogens (tertiary/aromatic N) is 1. The van der Waals surface area contributed by atoms with Crippen LogP contribution in [-0.2, 0) is 0 Å². The summed E-state index contributed by atoms with van der Waals surface area (Å²) in [7, 11) is 0. The van der Waals surface area contributed by atoms with E-state index in [9.17, 15) is 9.59 Å². The van der Waals surface area contributed by atoms with E-state index >= 15 is 0 Å². The summed E-state index contributed by atoms with van der Waals surface area (Å²) in [6, 6.07) is 4.48. The summed E-state index contributed by atoms with van der Waals surface area (Å²) in [4.78, 5) is 31.7. The number of rotatable bonds is 4. The molecule has 2 N–H and O–H groups in total. The smallest absolute Gasteiger partial charge is 0.254 e. The third-order valence-electron chi connectivity index (χ3n) is 7.96. The average molecular weight is 422 g/mol. The van der Waals surface area contributed by atoms with Crippen molar-refractivity contribution in [2.24, 2.45) is 5.92 Å². The zero-order valence-corrected chi connectivity index (χ0v) is 18.9. The molecule has 2 heterocycles. The number of benzene rings is 1. The predicted octanol–water partition coefficient (Wildman–Crippen LogP) is 5.33. The highest BCUT2D eigenvalue weighted by Crippen LogP contribution is 2.45. The lowest BCUT2D eigenvalue weighted by atomic mass is 9.70. The molecule has 1 aromatic carbocycles. The number of pyridine rings is 1. The number of fused-ring (bicyclic) bond motifs is 1. The number of nitrogens with one attached hydrogen (secondary N) is 2. The second kappa shape index (κ2) is 8.33. The van der Waals surface area contributed by atoms with E-state index in [1.165, 1.54) is 25.7 Å². The Bertz CT molecular complexity index is 1040. The van der Waals surface area contributed by atoms with Gasteiger partial charge in [0.25, 0.3) is 11.5 Å². The molecular weight excluding hydrogens is 386 g/mol. The Labute approximate surface area is 184 Å². The minimum absolute atomic E-state index is 0.0408. The van der Waals surface area contributed by atoms with E-state index in [1.807, 2.05) is 17.9 Å². The molecular formula is C26H35N3O2. The van der Waals surface area contributed by atoms with Crippen LogP contribution in [-0.4, -0.2) is 34.9 Å². The van der Waals surface area contributed by atoms with E-state index in [2.05, 4.69) is 23.3 Å². The van der Waals surface area contributed by atoms with Gasteiger partial charge < -0.3 is 15.2 Å². The zero-order chi connectivity index (χ0) is 21.5. The number of hydrogen-bond donors (Lipinski definition) is 2. The van der Waals surface area contributed by atoms with Gasteiger partial charge in [-0.3, -0.25) is 9.59 Å². The number of aromatic nitrogens is 1. The van der Waals surface area contributed by atoms with Crippen LogP contribution in [0.25, 0.3) is 10.9 Å². The third kappa shape index (κ3) is 3.77. The maximum Gasteiger partial charge on any atom is 0.254 e. The summed E-state index contributed by atoms with van der Waals surface area (Å²) < 4.78 is 0. The highest BCUT2D eigenvalue weighted by Gasteiger charge is 2.34. The summed E-state index contributed by atoms with van der Waals surface area (Å²) in [6.07, 6.45) is 10.4. The second-order valence-electron chi connectivity index (χ2n) is 10.1. The highest BCUT2D eigenvalue weighted by molar-refractivity contribution is 6.03. The molecule has 5 heteroatoms. The topological polar surface area (TPSA) is 65.2 Å². The monoisotopic (exact) mass is 421 g/mol. The van der Waals surface area contributed by atoms with E-state index < -0.39 is 0 Å². The molecule has 5 rings (SSSR count). The van der Waals surface area contributed by atoms with Crippen molar-refractivity contribution in [3.63, 3.8) is 0 Å². The van der Waals surface area contributed by atoms with E-state index in [1.54, 1.807) is 0 Å². The van der Waals surface area contributed by atoms with Crippen molar-refractivity contribution in [3.8, 4) is 0 Å². The van der Waals surface area contributed by atoms with Crippen LogP contribution in [0, 0.1) is 12.8 Å².